The number of hydrogen-bond acceptors (Lipinski definition) is 6. The second-order valence-corrected chi connectivity index (χ2v) is 9.15. The van der Waals surface area contributed by atoms with Crippen LogP contribution >= 0.6 is 0 Å². The van der Waals surface area contributed by atoms with Gasteiger partial charge in [0.25, 0.3) is 0 Å². The molecule has 0 radical (unpaired) electrons. The van der Waals surface area contributed by atoms with Gasteiger partial charge >= 0.3 is 6.18 Å². The Morgan fingerprint density at radius 3 is 2.62 bits per heavy atom. The second-order valence-electron chi connectivity index (χ2n) is 9.15. The number of H-pyrrole nitrogens is 1. The molecule has 0 fully saturated rings. The SMILES string of the molecule is C=C(/C=C(\C=C/C)Nc1n[nH]c(-c2cccc(Oc3ccnc4cc(OCc5ccccc5)ccc34)c2)n1)C(F)(F)F. The van der Waals surface area contributed by atoms with E-state index in [4.69, 9.17) is 9.47 Å². The van der Waals surface area contributed by atoms with Crippen molar-refractivity contribution in [2.45, 2.75) is 19.7 Å². The van der Waals surface area contributed by atoms with Crippen molar-refractivity contribution in [2.75, 3.05) is 5.32 Å². The van der Waals surface area contributed by atoms with Crippen LogP contribution in [0, 0.1) is 0 Å². The molecule has 2 N–H and O–H groups in total. The molecule has 3 aromatic carbocycles. The average Bonchev–Trinajstić information content (AvgIpc) is 3.45. The standard InChI is InChI=1S/C32H26F3N5O2/c1-3-8-24(17-21(2)32(33,34)35)37-31-38-30(39-40-31)23-11-7-12-26(18-23)42-29-15-16-36-28-19-25(13-14-27(28)29)41-20-22-9-5-4-6-10-22/h3-19H,2,20H2,1H3,(H2,37,38,39,40)/b8-3-,24-17+. The van der Waals surface area contributed by atoms with Crippen LogP contribution in [-0.2, 0) is 6.61 Å². The maximum Gasteiger partial charge on any atom is 0.415 e. The summed E-state index contributed by atoms with van der Waals surface area (Å²) in [5.41, 5.74) is 1.60. The highest BCUT2D eigenvalue weighted by Gasteiger charge is 2.30. The van der Waals surface area contributed by atoms with E-state index in [1.807, 2.05) is 54.6 Å². The highest BCUT2D eigenvalue weighted by Crippen LogP contribution is 2.33. The Balaban J connectivity index is 1.31. The first kappa shape index (κ1) is 28.2. The van der Waals surface area contributed by atoms with Crippen molar-refractivity contribution in [3.05, 3.63) is 127 Å². The molecule has 0 aliphatic carbocycles. The number of alkyl halides is 3. The lowest BCUT2D eigenvalue weighted by Crippen LogP contribution is -2.10. The van der Waals surface area contributed by atoms with Gasteiger partial charge in [-0.15, -0.1) is 5.10 Å². The number of aromatic amines is 1. The number of anilines is 1. The van der Waals surface area contributed by atoms with E-state index in [9.17, 15) is 13.2 Å². The molecule has 0 saturated heterocycles. The van der Waals surface area contributed by atoms with Crippen molar-refractivity contribution in [3.8, 4) is 28.6 Å². The normalized spacial score (nSPS) is 12.0. The number of ether oxygens (including phenoxy) is 2. The third kappa shape index (κ3) is 7.03. The van der Waals surface area contributed by atoms with Gasteiger partial charge in [0.2, 0.25) is 5.95 Å². The van der Waals surface area contributed by atoms with Crippen molar-refractivity contribution in [1.82, 2.24) is 20.2 Å². The molecule has 42 heavy (non-hydrogen) atoms. The Labute approximate surface area is 240 Å². The van der Waals surface area contributed by atoms with Gasteiger partial charge in [-0.05, 0) is 55.0 Å². The first-order valence-corrected chi connectivity index (χ1v) is 12.9. The van der Waals surface area contributed by atoms with Crippen LogP contribution in [0.3, 0.4) is 0 Å². The maximum atomic E-state index is 12.9. The van der Waals surface area contributed by atoms with Crippen molar-refractivity contribution < 1.29 is 22.6 Å². The zero-order chi connectivity index (χ0) is 29.5. The van der Waals surface area contributed by atoms with Crippen LogP contribution in [-0.4, -0.2) is 26.3 Å². The predicted molar refractivity (Wildman–Crippen MR) is 156 cm³/mol. The molecule has 5 rings (SSSR count). The summed E-state index contributed by atoms with van der Waals surface area (Å²) >= 11 is 0. The van der Waals surface area contributed by atoms with Gasteiger partial charge < -0.3 is 14.8 Å². The maximum absolute atomic E-state index is 12.9. The summed E-state index contributed by atoms with van der Waals surface area (Å²) in [6.45, 7) is 5.22. The number of benzene rings is 3. The second kappa shape index (κ2) is 12.4. The van der Waals surface area contributed by atoms with Crippen molar-refractivity contribution >= 4 is 16.9 Å². The van der Waals surface area contributed by atoms with E-state index in [0.717, 1.165) is 22.5 Å². The van der Waals surface area contributed by atoms with E-state index in [1.54, 1.807) is 43.5 Å². The Kier molecular flexibility index (Phi) is 8.33. The molecule has 0 amide bonds. The smallest absolute Gasteiger partial charge is 0.415 e. The van der Waals surface area contributed by atoms with Gasteiger partial charge in [0.1, 0.15) is 23.9 Å². The summed E-state index contributed by atoms with van der Waals surface area (Å²) in [5.74, 6) is 2.35. The first-order chi connectivity index (χ1) is 20.3. The highest BCUT2D eigenvalue weighted by atomic mass is 19.4. The average molecular weight is 570 g/mol. The highest BCUT2D eigenvalue weighted by molar-refractivity contribution is 5.86. The van der Waals surface area contributed by atoms with Crippen LogP contribution in [0.4, 0.5) is 19.1 Å². The lowest BCUT2D eigenvalue weighted by atomic mass is 10.2. The fourth-order valence-corrected chi connectivity index (χ4v) is 4.01. The van der Waals surface area contributed by atoms with Gasteiger partial charge in [0, 0.05) is 28.9 Å². The molecule has 0 atom stereocenters. The van der Waals surface area contributed by atoms with Gasteiger partial charge in [0.05, 0.1) is 11.1 Å². The number of allylic oxidation sites excluding steroid dienone is 4. The topological polar surface area (TPSA) is 85.0 Å². The molecule has 0 aliphatic heterocycles. The van der Waals surface area contributed by atoms with Gasteiger partial charge in [-0.25, -0.2) is 0 Å². The molecule has 2 heterocycles. The van der Waals surface area contributed by atoms with E-state index >= 15 is 0 Å². The van der Waals surface area contributed by atoms with E-state index in [0.29, 0.717) is 35.2 Å². The minimum Gasteiger partial charge on any atom is -0.489 e. The number of aromatic nitrogens is 4. The Morgan fingerprint density at radius 1 is 1.00 bits per heavy atom. The van der Waals surface area contributed by atoms with Gasteiger partial charge in [-0.2, -0.15) is 18.2 Å². The third-order valence-corrected chi connectivity index (χ3v) is 6.04. The van der Waals surface area contributed by atoms with Gasteiger partial charge in [-0.3, -0.25) is 10.1 Å². The molecule has 0 saturated carbocycles. The van der Waals surface area contributed by atoms with Crippen LogP contribution in [0.15, 0.2) is 121 Å². The van der Waals surface area contributed by atoms with Crippen LogP contribution in [0.2, 0.25) is 0 Å². The number of nitrogens with one attached hydrogen (secondary N) is 2. The molecule has 2 aromatic heterocycles. The van der Waals surface area contributed by atoms with E-state index in [2.05, 4.69) is 32.1 Å². The summed E-state index contributed by atoms with van der Waals surface area (Å²) in [6, 6.07) is 24.5. The summed E-state index contributed by atoms with van der Waals surface area (Å²) in [4.78, 5) is 8.84. The van der Waals surface area contributed by atoms with E-state index in [1.165, 1.54) is 6.08 Å². The number of halogens is 3. The molecular weight excluding hydrogens is 543 g/mol. The number of nitrogens with zero attached hydrogens (tertiary/aromatic N) is 3. The molecule has 7 nitrogen and oxygen atoms in total. The molecule has 10 heteroatoms. The van der Waals surface area contributed by atoms with Gasteiger partial charge in [-0.1, -0.05) is 55.1 Å². The number of pyridine rings is 1. The van der Waals surface area contributed by atoms with Crippen molar-refractivity contribution in [3.63, 3.8) is 0 Å². The van der Waals surface area contributed by atoms with E-state index < -0.39 is 11.7 Å². The first-order valence-electron chi connectivity index (χ1n) is 12.9. The lowest BCUT2D eigenvalue weighted by Gasteiger charge is -2.11. The molecule has 5 aromatic rings. The Hall–Kier alpha value is -5.38. The minimum absolute atomic E-state index is 0.0982. The molecular formula is C32H26F3N5O2. The molecule has 0 unspecified atom stereocenters. The zero-order valence-electron chi connectivity index (χ0n) is 22.5. The molecule has 0 aliphatic rings. The molecule has 0 bridgehead atoms. The monoisotopic (exact) mass is 569 g/mol. The number of hydrogen-bond donors (Lipinski definition) is 2. The van der Waals surface area contributed by atoms with Crippen LogP contribution in [0.5, 0.6) is 17.2 Å². The van der Waals surface area contributed by atoms with Gasteiger partial charge in [0.15, 0.2) is 5.82 Å². The fourth-order valence-electron chi connectivity index (χ4n) is 4.01. The predicted octanol–water partition coefficient (Wildman–Crippen LogP) is 8.38. The molecule has 0 spiro atoms. The minimum atomic E-state index is -4.54. The van der Waals surface area contributed by atoms with Crippen LogP contribution in [0.1, 0.15) is 12.5 Å². The quantitative estimate of drug-likeness (QED) is 0.164. The molecule has 212 valence electrons. The van der Waals surface area contributed by atoms with E-state index in [-0.39, 0.29) is 11.6 Å². The number of rotatable bonds is 10. The third-order valence-electron chi connectivity index (χ3n) is 6.04. The largest absolute Gasteiger partial charge is 0.489 e. The van der Waals surface area contributed by atoms with Crippen molar-refractivity contribution in [2.24, 2.45) is 0 Å². The summed E-state index contributed by atoms with van der Waals surface area (Å²) < 4.78 is 51.0. The lowest BCUT2D eigenvalue weighted by molar-refractivity contribution is -0.0878. The Morgan fingerprint density at radius 2 is 1.83 bits per heavy atom. The zero-order valence-corrected chi connectivity index (χ0v) is 22.5. The summed E-state index contributed by atoms with van der Waals surface area (Å²) in [6.07, 6.45) is 1.08. The fraction of sp³-hybridized carbons (Fsp3) is 0.0938. The van der Waals surface area contributed by atoms with Crippen molar-refractivity contribution in [1.29, 1.82) is 0 Å². The summed E-state index contributed by atoms with van der Waals surface area (Å²) in [5, 5.41) is 10.5. The number of fused-ring (bicyclic) bond motifs is 1. The van der Waals surface area contributed by atoms with Crippen LogP contribution < -0.4 is 14.8 Å². The van der Waals surface area contributed by atoms with Crippen LogP contribution in [0.25, 0.3) is 22.3 Å². The summed E-state index contributed by atoms with van der Waals surface area (Å²) in [7, 11) is 0. The Bertz CT molecular complexity index is 1760.